The Balaban J connectivity index is 2.69. The third-order valence-electron chi connectivity index (χ3n) is 2.38. The maximum atomic E-state index is 11.6. The van der Waals surface area contributed by atoms with E-state index in [-0.39, 0.29) is 10.5 Å². The smallest absolute Gasteiger partial charge is 0.408 e. The molecule has 0 aliphatic carbocycles. The van der Waals surface area contributed by atoms with Crippen molar-refractivity contribution in [3.8, 4) is 6.07 Å². The van der Waals surface area contributed by atoms with E-state index >= 15 is 0 Å². The van der Waals surface area contributed by atoms with Gasteiger partial charge in [-0.05, 0) is 12.1 Å². The third-order valence-corrected chi connectivity index (χ3v) is 3.86. The van der Waals surface area contributed by atoms with Crippen molar-refractivity contribution in [2.24, 2.45) is 7.05 Å². The highest BCUT2D eigenvalue weighted by Gasteiger charge is 2.16. The van der Waals surface area contributed by atoms with Gasteiger partial charge in [-0.15, -0.1) is 0 Å². The minimum Gasteiger partial charge on any atom is -0.408 e. The summed E-state index contributed by atoms with van der Waals surface area (Å²) in [5, 5.41) is 8.42. The number of fused-ring (bicyclic) bond motifs is 1. The molecule has 0 radical (unpaired) electrons. The number of nitrogens with zero attached hydrogens (tertiary/aromatic N) is 2. The molecule has 2 aromatic rings. The van der Waals surface area contributed by atoms with Gasteiger partial charge in [-0.25, -0.2) is 13.2 Å². The van der Waals surface area contributed by atoms with E-state index < -0.39 is 21.3 Å². The second kappa shape index (κ2) is 3.75. The van der Waals surface area contributed by atoms with E-state index in [9.17, 15) is 13.2 Å². The largest absolute Gasteiger partial charge is 0.419 e. The third kappa shape index (κ3) is 1.83. The summed E-state index contributed by atoms with van der Waals surface area (Å²) >= 11 is 0. The van der Waals surface area contributed by atoms with Crippen LogP contribution in [0.4, 0.5) is 0 Å². The predicted molar refractivity (Wildman–Crippen MR) is 59.1 cm³/mol. The van der Waals surface area contributed by atoms with Crippen LogP contribution in [-0.4, -0.2) is 18.7 Å². The molecule has 0 N–H and O–H groups in total. The molecule has 0 atom stereocenters. The number of hydrogen-bond donors (Lipinski definition) is 0. The summed E-state index contributed by atoms with van der Waals surface area (Å²) in [4.78, 5) is 11.2. The predicted octanol–water partition coefficient (Wildman–Crippen LogP) is 0.429. The highest BCUT2D eigenvalue weighted by atomic mass is 32.2. The highest BCUT2D eigenvalue weighted by molar-refractivity contribution is 7.91. The summed E-state index contributed by atoms with van der Waals surface area (Å²) in [6.07, 6.45) is 0. The summed E-state index contributed by atoms with van der Waals surface area (Å²) < 4.78 is 29.4. The van der Waals surface area contributed by atoms with Gasteiger partial charge < -0.3 is 4.42 Å². The van der Waals surface area contributed by atoms with Gasteiger partial charge in [-0.3, -0.25) is 4.57 Å². The highest BCUT2D eigenvalue weighted by Crippen LogP contribution is 2.18. The SMILES string of the molecule is Cn1c(=O)oc2cc(S(=O)(=O)CC#N)ccc21. The topological polar surface area (TPSA) is 93.1 Å². The molecule has 1 heterocycles. The first-order valence-corrected chi connectivity index (χ1v) is 6.30. The van der Waals surface area contributed by atoms with Crippen LogP contribution in [0.3, 0.4) is 0 Å². The van der Waals surface area contributed by atoms with Gasteiger partial charge in [-0.1, -0.05) is 0 Å². The standard InChI is InChI=1S/C10H8N2O4S/c1-12-8-3-2-7(17(14,15)5-4-11)6-9(8)16-10(12)13/h2-3,6H,5H2,1H3. The van der Waals surface area contributed by atoms with Crippen molar-refractivity contribution < 1.29 is 12.8 Å². The summed E-state index contributed by atoms with van der Waals surface area (Å²) in [6, 6.07) is 5.67. The summed E-state index contributed by atoms with van der Waals surface area (Å²) in [7, 11) is -2.11. The molecule has 0 spiro atoms. The molecular weight excluding hydrogens is 244 g/mol. The van der Waals surface area contributed by atoms with E-state index in [2.05, 4.69) is 0 Å². The maximum Gasteiger partial charge on any atom is 0.419 e. The quantitative estimate of drug-likeness (QED) is 0.772. The number of benzene rings is 1. The van der Waals surface area contributed by atoms with Crippen molar-refractivity contribution in [1.29, 1.82) is 5.26 Å². The van der Waals surface area contributed by atoms with E-state index in [4.69, 9.17) is 9.68 Å². The van der Waals surface area contributed by atoms with Gasteiger partial charge in [-0.2, -0.15) is 5.26 Å². The Morgan fingerprint density at radius 2 is 2.18 bits per heavy atom. The molecule has 1 aromatic heterocycles. The van der Waals surface area contributed by atoms with E-state index in [1.807, 2.05) is 0 Å². The Labute approximate surface area is 96.6 Å². The number of nitriles is 1. The molecule has 0 unspecified atom stereocenters. The first kappa shape index (κ1) is 11.4. The van der Waals surface area contributed by atoms with Gasteiger partial charge in [0.25, 0.3) is 0 Å². The van der Waals surface area contributed by atoms with Crippen LogP contribution < -0.4 is 5.76 Å². The van der Waals surface area contributed by atoms with Gasteiger partial charge in [0.2, 0.25) is 0 Å². The lowest BCUT2D eigenvalue weighted by molar-refractivity contribution is 0.527. The van der Waals surface area contributed by atoms with Crippen LogP contribution in [0.25, 0.3) is 11.1 Å². The van der Waals surface area contributed by atoms with E-state index in [1.54, 1.807) is 6.07 Å². The fourth-order valence-electron chi connectivity index (χ4n) is 1.48. The molecule has 0 amide bonds. The Hall–Kier alpha value is -2.07. The van der Waals surface area contributed by atoms with Crippen LogP contribution in [-0.2, 0) is 16.9 Å². The van der Waals surface area contributed by atoms with Crippen molar-refractivity contribution in [2.75, 3.05) is 5.75 Å². The lowest BCUT2D eigenvalue weighted by Gasteiger charge is -1.99. The molecule has 0 aliphatic rings. The average molecular weight is 252 g/mol. The summed E-state index contributed by atoms with van der Waals surface area (Å²) in [5.41, 5.74) is 0.697. The first-order chi connectivity index (χ1) is 7.95. The van der Waals surface area contributed by atoms with Crippen molar-refractivity contribution >= 4 is 20.9 Å². The van der Waals surface area contributed by atoms with Crippen molar-refractivity contribution in [2.45, 2.75) is 4.90 Å². The van der Waals surface area contributed by atoms with E-state index in [1.165, 1.54) is 29.8 Å². The van der Waals surface area contributed by atoms with Crippen LogP contribution in [0.1, 0.15) is 0 Å². The molecule has 0 saturated carbocycles. The number of hydrogen-bond acceptors (Lipinski definition) is 5. The van der Waals surface area contributed by atoms with Crippen molar-refractivity contribution in [3.05, 3.63) is 28.7 Å². The van der Waals surface area contributed by atoms with Crippen LogP contribution in [0.15, 0.2) is 32.3 Å². The number of rotatable bonds is 2. The zero-order chi connectivity index (χ0) is 12.6. The zero-order valence-electron chi connectivity index (χ0n) is 8.87. The Kier molecular flexibility index (Phi) is 2.52. The molecular formula is C10H8N2O4S. The Bertz CT molecular complexity index is 777. The maximum absolute atomic E-state index is 11.6. The normalized spacial score (nSPS) is 11.5. The fourth-order valence-corrected chi connectivity index (χ4v) is 2.37. The van der Waals surface area contributed by atoms with Gasteiger partial charge >= 0.3 is 5.76 Å². The number of aromatic nitrogens is 1. The Morgan fingerprint density at radius 1 is 1.47 bits per heavy atom. The van der Waals surface area contributed by atoms with Gasteiger partial charge in [0, 0.05) is 13.1 Å². The van der Waals surface area contributed by atoms with Crippen LogP contribution in [0.2, 0.25) is 0 Å². The fraction of sp³-hybridized carbons (Fsp3) is 0.200. The van der Waals surface area contributed by atoms with Crippen molar-refractivity contribution in [1.82, 2.24) is 4.57 Å². The molecule has 0 bridgehead atoms. The number of oxazole rings is 1. The molecule has 0 aliphatic heterocycles. The van der Waals surface area contributed by atoms with Gasteiger partial charge in [0.05, 0.1) is 16.5 Å². The van der Waals surface area contributed by atoms with E-state index in [0.717, 1.165) is 0 Å². The second-order valence-corrected chi connectivity index (χ2v) is 5.46. The van der Waals surface area contributed by atoms with Gasteiger partial charge in [0.1, 0.15) is 5.75 Å². The molecule has 1 aromatic carbocycles. The Morgan fingerprint density at radius 3 is 2.82 bits per heavy atom. The molecule has 7 heteroatoms. The summed E-state index contributed by atoms with van der Waals surface area (Å²) in [5.74, 6) is -1.16. The lowest BCUT2D eigenvalue weighted by Crippen LogP contribution is -2.08. The van der Waals surface area contributed by atoms with Gasteiger partial charge in [0.15, 0.2) is 15.4 Å². The molecule has 6 nitrogen and oxygen atoms in total. The minimum atomic E-state index is -3.64. The molecule has 0 fully saturated rings. The van der Waals surface area contributed by atoms with Crippen molar-refractivity contribution in [3.63, 3.8) is 0 Å². The molecule has 0 saturated heterocycles. The number of aryl methyl sites for hydroxylation is 1. The second-order valence-electron chi connectivity index (χ2n) is 3.47. The minimum absolute atomic E-state index is 0.0269. The molecule has 88 valence electrons. The average Bonchev–Trinajstić information content (AvgIpc) is 2.54. The lowest BCUT2D eigenvalue weighted by atomic mass is 10.3. The summed E-state index contributed by atoms with van der Waals surface area (Å²) in [6.45, 7) is 0. The van der Waals surface area contributed by atoms with Crippen LogP contribution >= 0.6 is 0 Å². The zero-order valence-corrected chi connectivity index (χ0v) is 9.69. The first-order valence-electron chi connectivity index (χ1n) is 4.65. The van der Waals surface area contributed by atoms with Crippen LogP contribution in [0, 0.1) is 11.3 Å². The van der Waals surface area contributed by atoms with Crippen LogP contribution in [0.5, 0.6) is 0 Å². The molecule has 17 heavy (non-hydrogen) atoms. The number of sulfone groups is 1. The van der Waals surface area contributed by atoms with E-state index in [0.29, 0.717) is 5.52 Å². The molecule has 2 rings (SSSR count). The monoisotopic (exact) mass is 252 g/mol.